The van der Waals surface area contributed by atoms with Gasteiger partial charge in [0.2, 0.25) is 0 Å². The van der Waals surface area contributed by atoms with Gasteiger partial charge in [0.15, 0.2) is 0 Å². The van der Waals surface area contributed by atoms with E-state index in [1.54, 1.807) is 0 Å². The molecule has 0 bridgehead atoms. The van der Waals surface area contributed by atoms with E-state index in [-0.39, 0.29) is 5.54 Å². The summed E-state index contributed by atoms with van der Waals surface area (Å²) < 4.78 is 0. The van der Waals surface area contributed by atoms with Crippen LogP contribution in [-0.2, 0) is 0 Å². The van der Waals surface area contributed by atoms with Crippen molar-refractivity contribution in [3.05, 3.63) is 29.3 Å². The van der Waals surface area contributed by atoms with Crippen LogP contribution in [0.5, 0.6) is 0 Å². The highest BCUT2D eigenvalue weighted by molar-refractivity contribution is 5.56. The lowest BCUT2D eigenvalue weighted by atomic mass is 9.92. The monoisotopic (exact) mass is 232 g/mol. The van der Waals surface area contributed by atoms with Gasteiger partial charge in [-0.15, -0.1) is 0 Å². The van der Waals surface area contributed by atoms with Gasteiger partial charge >= 0.3 is 0 Å². The largest absolute Gasteiger partial charge is 0.363 e. The van der Waals surface area contributed by atoms with Gasteiger partial charge in [0.1, 0.15) is 0 Å². The topological polar surface area (TPSA) is 15.3 Å². The molecule has 1 fully saturated rings. The Labute approximate surface area is 105 Å². The highest BCUT2D eigenvalue weighted by Gasteiger charge is 2.33. The third kappa shape index (κ3) is 2.32. The van der Waals surface area contributed by atoms with Crippen LogP contribution in [0.4, 0.5) is 5.69 Å². The fourth-order valence-corrected chi connectivity index (χ4v) is 2.75. The van der Waals surface area contributed by atoms with E-state index >= 15 is 0 Å². The molecule has 2 heteroatoms. The van der Waals surface area contributed by atoms with E-state index in [0.29, 0.717) is 0 Å². The molecule has 0 spiro atoms. The smallest absolute Gasteiger partial charge is 0.0496 e. The zero-order chi connectivity index (χ0) is 12.5. The van der Waals surface area contributed by atoms with Crippen molar-refractivity contribution in [2.24, 2.45) is 0 Å². The van der Waals surface area contributed by atoms with Crippen LogP contribution < -0.4 is 10.2 Å². The molecular formula is C15H24N2. The molecule has 2 rings (SSSR count). The van der Waals surface area contributed by atoms with Gasteiger partial charge in [-0.1, -0.05) is 24.6 Å². The van der Waals surface area contributed by atoms with Gasteiger partial charge in [-0.25, -0.2) is 0 Å². The molecule has 1 aliphatic rings. The number of aryl methyl sites for hydroxylation is 2. The summed E-state index contributed by atoms with van der Waals surface area (Å²) >= 11 is 0. The molecule has 1 aliphatic heterocycles. The minimum atomic E-state index is 0.248. The molecule has 94 valence electrons. The predicted molar refractivity (Wildman–Crippen MR) is 74.8 cm³/mol. The highest BCUT2D eigenvalue weighted by atomic mass is 15.3. The summed E-state index contributed by atoms with van der Waals surface area (Å²) in [6, 6.07) is 6.79. The second-order valence-corrected chi connectivity index (χ2v) is 5.47. The van der Waals surface area contributed by atoms with Crippen molar-refractivity contribution in [1.29, 1.82) is 0 Å². The van der Waals surface area contributed by atoms with Gasteiger partial charge in [0, 0.05) is 30.9 Å². The quantitative estimate of drug-likeness (QED) is 0.843. The van der Waals surface area contributed by atoms with Crippen LogP contribution in [0, 0.1) is 13.8 Å². The van der Waals surface area contributed by atoms with E-state index in [2.05, 4.69) is 56.1 Å². The van der Waals surface area contributed by atoms with E-state index in [4.69, 9.17) is 0 Å². The average molecular weight is 232 g/mol. The predicted octanol–water partition coefficient (Wildman–Crippen LogP) is 2.88. The van der Waals surface area contributed by atoms with Crippen LogP contribution in [0.25, 0.3) is 0 Å². The lowest BCUT2D eigenvalue weighted by Gasteiger charge is -2.47. The van der Waals surface area contributed by atoms with Crippen molar-refractivity contribution in [3.63, 3.8) is 0 Å². The fourth-order valence-electron chi connectivity index (χ4n) is 2.75. The van der Waals surface area contributed by atoms with Crippen molar-refractivity contribution < 1.29 is 0 Å². The molecule has 2 nitrogen and oxygen atoms in total. The van der Waals surface area contributed by atoms with Crippen LogP contribution in [0.15, 0.2) is 18.2 Å². The summed E-state index contributed by atoms with van der Waals surface area (Å²) in [5.74, 6) is 0. The Hall–Kier alpha value is -1.02. The molecular weight excluding hydrogens is 208 g/mol. The van der Waals surface area contributed by atoms with Crippen LogP contribution in [0.3, 0.4) is 0 Å². The number of hydrogen-bond donors (Lipinski definition) is 1. The number of nitrogens with zero attached hydrogens (tertiary/aromatic N) is 1. The van der Waals surface area contributed by atoms with Crippen molar-refractivity contribution in [1.82, 2.24) is 5.32 Å². The number of benzene rings is 1. The molecule has 1 heterocycles. The molecule has 0 amide bonds. The van der Waals surface area contributed by atoms with Gasteiger partial charge in [-0.3, -0.25) is 0 Å². The maximum Gasteiger partial charge on any atom is 0.0496 e. The van der Waals surface area contributed by atoms with E-state index in [1.165, 1.54) is 23.2 Å². The molecule has 0 radical (unpaired) electrons. The third-order valence-electron chi connectivity index (χ3n) is 4.07. The van der Waals surface area contributed by atoms with Crippen molar-refractivity contribution in [3.8, 4) is 0 Å². The van der Waals surface area contributed by atoms with Gasteiger partial charge in [0.25, 0.3) is 0 Å². The summed E-state index contributed by atoms with van der Waals surface area (Å²) in [6.45, 7) is 12.3. The van der Waals surface area contributed by atoms with Crippen molar-refractivity contribution >= 4 is 5.69 Å². The first-order chi connectivity index (χ1) is 8.07. The molecule has 0 saturated carbocycles. The Morgan fingerprint density at radius 3 is 2.76 bits per heavy atom. The minimum Gasteiger partial charge on any atom is -0.363 e. The molecule has 1 atom stereocenters. The second-order valence-electron chi connectivity index (χ2n) is 5.47. The molecule has 1 unspecified atom stereocenters. The second kappa shape index (κ2) is 4.69. The SMILES string of the molecule is CCC1(C)CNCCN1c1ccc(C)cc1C. The van der Waals surface area contributed by atoms with E-state index < -0.39 is 0 Å². The molecule has 0 aromatic heterocycles. The highest BCUT2D eigenvalue weighted by Crippen LogP contribution is 2.30. The van der Waals surface area contributed by atoms with Crippen molar-refractivity contribution in [2.75, 3.05) is 24.5 Å². The molecule has 1 aromatic carbocycles. The summed E-state index contributed by atoms with van der Waals surface area (Å²) in [5.41, 5.74) is 4.39. The molecule has 0 aliphatic carbocycles. The van der Waals surface area contributed by atoms with Crippen LogP contribution in [0.1, 0.15) is 31.4 Å². The Morgan fingerprint density at radius 2 is 2.12 bits per heavy atom. The minimum absolute atomic E-state index is 0.248. The lowest BCUT2D eigenvalue weighted by molar-refractivity contribution is 0.342. The van der Waals surface area contributed by atoms with E-state index in [9.17, 15) is 0 Å². The van der Waals surface area contributed by atoms with E-state index in [1.807, 2.05) is 0 Å². The number of piperazine rings is 1. The first-order valence-electron chi connectivity index (χ1n) is 6.62. The first-order valence-corrected chi connectivity index (χ1v) is 6.62. The van der Waals surface area contributed by atoms with Gasteiger partial charge in [0.05, 0.1) is 0 Å². The van der Waals surface area contributed by atoms with Crippen LogP contribution >= 0.6 is 0 Å². The van der Waals surface area contributed by atoms with Gasteiger partial charge in [-0.2, -0.15) is 0 Å². The van der Waals surface area contributed by atoms with Crippen molar-refractivity contribution in [2.45, 2.75) is 39.7 Å². The normalized spacial score (nSPS) is 25.1. The summed E-state index contributed by atoms with van der Waals surface area (Å²) in [5, 5.41) is 3.52. The number of anilines is 1. The van der Waals surface area contributed by atoms with Gasteiger partial charge < -0.3 is 10.2 Å². The Morgan fingerprint density at radius 1 is 1.35 bits per heavy atom. The third-order valence-corrected chi connectivity index (χ3v) is 4.07. The Balaban J connectivity index is 2.36. The first kappa shape index (κ1) is 12.4. The lowest BCUT2D eigenvalue weighted by Crippen LogP contribution is -2.59. The summed E-state index contributed by atoms with van der Waals surface area (Å²) in [7, 11) is 0. The summed E-state index contributed by atoms with van der Waals surface area (Å²) in [4.78, 5) is 2.58. The maximum absolute atomic E-state index is 3.52. The molecule has 1 aromatic rings. The molecule has 17 heavy (non-hydrogen) atoms. The molecule has 1 saturated heterocycles. The van der Waals surface area contributed by atoms with Crippen LogP contribution in [-0.4, -0.2) is 25.2 Å². The average Bonchev–Trinajstić information content (AvgIpc) is 2.31. The number of rotatable bonds is 2. The fraction of sp³-hybridized carbons (Fsp3) is 0.600. The Kier molecular flexibility index (Phi) is 3.43. The Bertz CT molecular complexity index is 400. The van der Waals surface area contributed by atoms with Crippen LogP contribution in [0.2, 0.25) is 0 Å². The molecule has 1 N–H and O–H groups in total. The zero-order valence-electron chi connectivity index (χ0n) is 11.5. The standard InChI is InChI=1S/C15H24N2/c1-5-15(4)11-16-8-9-17(15)14-7-6-12(2)10-13(14)3/h6-7,10,16H,5,8-9,11H2,1-4H3. The maximum atomic E-state index is 3.52. The van der Waals surface area contributed by atoms with E-state index in [0.717, 1.165) is 19.6 Å². The zero-order valence-corrected chi connectivity index (χ0v) is 11.5. The number of hydrogen-bond acceptors (Lipinski definition) is 2. The number of nitrogens with one attached hydrogen (secondary N) is 1. The van der Waals surface area contributed by atoms with Gasteiger partial charge in [-0.05, 0) is 38.8 Å². The summed E-state index contributed by atoms with van der Waals surface area (Å²) in [6.07, 6.45) is 1.17.